The molecule has 15 aromatic rings. The maximum atomic E-state index is 12.5. The molecule has 3 N–H and O–H groups in total. The molecule has 1 saturated carbocycles. The molecule has 5 aromatic heterocycles. The van der Waals surface area contributed by atoms with Crippen LogP contribution in [-0.2, 0) is 11.2 Å². The molecule has 0 aliphatic heterocycles. The standard InChI is InChI=1S/C12H11NO.C11H11N.C11H14.C10H11NO.C10H9N.C10H13N.C9H7F3O.C9H10O.C8H6F2.C8H7NO2.C8H14.C6H6S.C5H5NS/c1-3-10-8-13(9(2)14)12-7-5-4-6-11(10)12;1-2-5-9-8-12-11-7-4-3-6-10(9)11;1-4-10-5-7-11(8-6-10)9(2)3;1-3-9-4-6-10(7-5-9)11-8(2)12;1-2-8-7-11-10-6-4-3-5-9(8)10;1-4-9-5-7-10(8-6-9)11(2)3;1-2-7-3-5-8(6-4-7)13-9(10,11)12;1-3-8-4-6-9(10-2)7-5-8;1-2-6-7(9)4-3-5-8(6)10;1-2-7-4-3-5-8(6-7)9(10)11;1-2-8-6-4-3-5-7-8;1-2-6-3-4-7-5-6;1-2-5-6-3-4-7-5/h3-8H,1H2,2H3;2-4,6-8,12H,1,5H2;4-9H,1H2,2-3H3;3-7H,1H2,2H3,(H,11,12);2-7,11H,1H2;4-8H,1H2,2-3H3;2-6H,1H2;3-7H,1H2,2H3;2-5H,1H2;2-6H,1H2;2,8H,1,3-7H2;2-5H,1H2;2-4H,1H2. The van der Waals surface area contributed by atoms with Crippen molar-refractivity contribution in [3.8, 4) is 11.5 Å². The van der Waals surface area contributed by atoms with Crippen LogP contribution in [0.25, 0.3) is 99.5 Å². The molecule has 0 bridgehead atoms. The predicted octanol–water partition coefficient (Wildman–Crippen LogP) is 34.1. The van der Waals surface area contributed by atoms with Crippen LogP contribution in [0, 0.1) is 27.7 Å². The number of aromatic amines is 2. The number of nitrogens with one attached hydrogen (secondary N) is 3. The number of carbonyl (C=O) groups is 2. The first kappa shape index (κ1) is 114. The third-order valence-electron chi connectivity index (χ3n) is 19.7. The number of halogens is 5. The topological polar surface area (TPSA) is 160 Å². The van der Waals surface area contributed by atoms with Crippen LogP contribution in [0.5, 0.6) is 11.5 Å². The summed E-state index contributed by atoms with van der Waals surface area (Å²) < 4.78 is 70.4. The summed E-state index contributed by atoms with van der Waals surface area (Å²) in [6, 6.07) is 73.9. The second kappa shape index (κ2) is 64.3. The van der Waals surface area contributed by atoms with E-state index >= 15 is 0 Å². The number of ether oxygens (including phenoxy) is 2. The lowest BCUT2D eigenvalue weighted by molar-refractivity contribution is -0.384. The van der Waals surface area contributed by atoms with E-state index in [0.717, 1.165) is 79.1 Å². The van der Waals surface area contributed by atoms with Crippen molar-refractivity contribution in [1.82, 2.24) is 19.5 Å². The van der Waals surface area contributed by atoms with Gasteiger partial charge in [-0.25, -0.2) is 13.8 Å². The molecule has 10 aromatic carbocycles. The Morgan fingerprint density at radius 3 is 1.45 bits per heavy atom. The Bertz CT molecular complexity index is 6110. The molecule has 0 radical (unpaired) electrons. The highest BCUT2D eigenvalue weighted by Crippen LogP contribution is 2.28. The molecule has 137 heavy (non-hydrogen) atoms. The first-order valence-corrected chi connectivity index (χ1v) is 45.4. The van der Waals surface area contributed by atoms with Gasteiger partial charge in [-0.3, -0.25) is 24.3 Å². The van der Waals surface area contributed by atoms with Crippen LogP contribution in [0.2, 0.25) is 0 Å². The highest BCUT2D eigenvalue weighted by atomic mass is 32.1. The van der Waals surface area contributed by atoms with Gasteiger partial charge >= 0.3 is 6.36 Å². The minimum Gasteiger partial charge on any atom is -0.497 e. The predicted molar refractivity (Wildman–Crippen MR) is 581 cm³/mol. The second-order valence-electron chi connectivity index (χ2n) is 29.9. The number of methoxy groups -OCH3 is 1. The number of H-pyrrole nitrogens is 2. The Kier molecular flexibility index (Phi) is 53.3. The summed E-state index contributed by atoms with van der Waals surface area (Å²) in [5, 5.41) is 23.5. The number of hydrogen-bond acceptors (Lipinski definition) is 10. The van der Waals surface area contributed by atoms with Gasteiger partial charge in [-0.2, -0.15) is 11.3 Å². The third kappa shape index (κ3) is 43.3. The summed E-state index contributed by atoms with van der Waals surface area (Å²) >= 11 is 3.29. The minimum absolute atomic E-state index is 0.0225. The van der Waals surface area contributed by atoms with Crippen molar-refractivity contribution in [2.45, 2.75) is 78.5 Å². The number of amides is 1. The van der Waals surface area contributed by atoms with Gasteiger partial charge in [0.05, 0.1) is 17.5 Å². The Balaban J connectivity index is 0.000000311. The van der Waals surface area contributed by atoms with Crippen molar-refractivity contribution in [2.24, 2.45) is 5.92 Å². The van der Waals surface area contributed by atoms with Crippen LogP contribution in [0.3, 0.4) is 0 Å². The average Bonchev–Trinajstić information content (AvgIpc) is 1.65. The monoisotopic (exact) mass is 1880 g/mol. The van der Waals surface area contributed by atoms with Gasteiger partial charge in [-0.1, -0.05) is 324 Å². The Morgan fingerprint density at radius 2 is 1.04 bits per heavy atom. The molecule has 0 unspecified atom stereocenters. The molecule has 0 atom stereocenters. The molecular formula is C117H124F5N7O6S2. The number of allylic oxidation sites excluding steroid dienone is 2. The van der Waals surface area contributed by atoms with Crippen LogP contribution in [0.4, 0.5) is 39.0 Å². The number of hydrogen-bond donors (Lipinski definition) is 3. The summed E-state index contributed by atoms with van der Waals surface area (Å²) in [7, 11) is 5.72. The van der Waals surface area contributed by atoms with E-state index in [2.05, 4.69) is 220 Å². The molecule has 0 spiro atoms. The number of rotatable bonds is 20. The third-order valence-corrected chi connectivity index (χ3v) is 21.2. The number of para-hydroxylation sites is 3. The van der Waals surface area contributed by atoms with E-state index in [4.69, 9.17) is 4.74 Å². The number of nitro groups is 1. The van der Waals surface area contributed by atoms with Crippen LogP contribution in [-0.4, -0.2) is 63.8 Å². The maximum Gasteiger partial charge on any atom is 0.573 e. The summed E-state index contributed by atoms with van der Waals surface area (Å²) in [6.07, 6.45) is 33.8. The highest BCUT2D eigenvalue weighted by Gasteiger charge is 2.31. The molecule has 20 heteroatoms. The van der Waals surface area contributed by atoms with Gasteiger partial charge in [0.1, 0.15) is 28.1 Å². The Labute approximate surface area is 813 Å². The summed E-state index contributed by atoms with van der Waals surface area (Å²) in [6.45, 7) is 54.5. The van der Waals surface area contributed by atoms with Crippen LogP contribution in [0.15, 0.2) is 381 Å². The lowest BCUT2D eigenvalue weighted by Gasteiger charge is -2.16. The number of aromatic nitrogens is 4. The van der Waals surface area contributed by atoms with E-state index < -0.39 is 22.9 Å². The van der Waals surface area contributed by atoms with Gasteiger partial charge in [0, 0.05) is 114 Å². The molecule has 13 nitrogen and oxygen atoms in total. The summed E-state index contributed by atoms with van der Waals surface area (Å²) in [5.74, 6) is 0.946. The van der Waals surface area contributed by atoms with E-state index in [1.807, 2.05) is 171 Å². The summed E-state index contributed by atoms with van der Waals surface area (Å²) in [5.41, 5.74) is 17.5. The fourth-order valence-corrected chi connectivity index (χ4v) is 13.4. The molecule has 16 rings (SSSR count). The number of anilines is 2. The van der Waals surface area contributed by atoms with Gasteiger partial charge in [-0.05, 0) is 194 Å². The second-order valence-corrected chi connectivity index (χ2v) is 31.6. The van der Waals surface area contributed by atoms with Crippen LogP contribution in [0.1, 0.15) is 142 Å². The largest absolute Gasteiger partial charge is 0.573 e. The van der Waals surface area contributed by atoms with E-state index in [1.54, 1.807) is 90.0 Å². The quantitative estimate of drug-likeness (QED) is 0.0294. The normalized spacial score (nSPS) is 10.5. The Morgan fingerprint density at radius 1 is 0.547 bits per heavy atom. The lowest BCUT2D eigenvalue weighted by atomic mass is 9.90. The van der Waals surface area contributed by atoms with E-state index in [9.17, 15) is 41.7 Å². The van der Waals surface area contributed by atoms with Crippen molar-refractivity contribution < 1.29 is 45.9 Å². The van der Waals surface area contributed by atoms with Crippen molar-refractivity contribution in [3.63, 3.8) is 0 Å². The average molecular weight is 1880 g/mol. The maximum absolute atomic E-state index is 12.5. The smallest absolute Gasteiger partial charge is 0.497 e. The summed E-state index contributed by atoms with van der Waals surface area (Å²) in [4.78, 5) is 44.2. The van der Waals surface area contributed by atoms with Gasteiger partial charge in [0.15, 0.2) is 0 Å². The zero-order chi connectivity index (χ0) is 101. The van der Waals surface area contributed by atoms with Crippen molar-refractivity contribution >= 4 is 151 Å². The first-order chi connectivity index (χ1) is 65.9. The SMILES string of the molecule is C=CC1CCCCC1.C=CCc1c[nH]c2ccccc12.C=Cc1c(F)cccc1F.C=Cc1c[nH]c2ccccc12.C=Cc1ccc(C(C)C)cc1.C=Cc1ccc(N(C)C)cc1.C=Cc1ccc(NC(C)=O)cc1.C=Cc1ccc(OC(F)(F)F)cc1.C=Cc1ccc(OC)cc1.C=Cc1cccc([N+](=O)[O-])c1.C=Cc1ccsc1.C=Cc1cn(C(C)=O)c2ccccc12.C=Cc1nccs1. The number of carbonyl (C=O) groups excluding carboxylic acids is 2. The first-order valence-electron chi connectivity index (χ1n) is 43.6. The van der Waals surface area contributed by atoms with Gasteiger partial charge in [0.25, 0.3) is 5.69 Å². The molecular weight excluding hydrogens is 1760 g/mol. The van der Waals surface area contributed by atoms with E-state index in [-0.39, 0.29) is 28.8 Å². The number of nitro benzene ring substituents is 1. The molecule has 1 fully saturated rings. The zero-order valence-corrected chi connectivity index (χ0v) is 80.8. The van der Waals surface area contributed by atoms with Gasteiger partial charge in [0.2, 0.25) is 11.8 Å². The molecule has 1 amide bonds. The molecule has 0 saturated heterocycles. The van der Waals surface area contributed by atoms with E-state index in [1.165, 1.54) is 155 Å². The number of thiophene rings is 1. The lowest BCUT2D eigenvalue weighted by Crippen LogP contribution is -2.16. The number of thiazole rings is 1. The molecule has 1 aliphatic rings. The highest BCUT2D eigenvalue weighted by molar-refractivity contribution is 7.10. The van der Waals surface area contributed by atoms with Gasteiger partial charge < -0.3 is 29.7 Å². The number of nitrogens with zero attached hydrogens (tertiary/aromatic N) is 4. The number of alkyl halides is 3. The fraction of sp³-hybridized carbons (Fsp3) is 0.137. The molecule has 1 aliphatic carbocycles. The fourth-order valence-electron chi connectivity index (χ4n) is 12.3. The Hall–Kier alpha value is -15.6. The number of non-ortho nitro benzene ring substituents is 1. The van der Waals surface area contributed by atoms with Crippen molar-refractivity contribution in [2.75, 3.05) is 31.4 Å². The van der Waals surface area contributed by atoms with E-state index in [0.29, 0.717) is 5.92 Å². The van der Waals surface area contributed by atoms with Crippen LogP contribution >= 0.6 is 22.7 Å². The molecule has 710 valence electrons. The van der Waals surface area contributed by atoms with Crippen molar-refractivity contribution in [3.05, 3.63) is 475 Å². The van der Waals surface area contributed by atoms with Gasteiger partial charge in [-0.15, -0.1) is 37.7 Å². The minimum atomic E-state index is -4.63. The van der Waals surface area contributed by atoms with Crippen molar-refractivity contribution in [1.29, 1.82) is 0 Å². The zero-order valence-electron chi connectivity index (χ0n) is 79.2. The molecule has 5 heterocycles. The van der Waals surface area contributed by atoms with Crippen LogP contribution < -0.4 is 19.7 Å². The number of benzene rings is 10. The number of fused-ring (bicyclic) bond motifs is 3.